The summed E-state index contributed by atoms with van der Waals surface area (Å²) >= 11 is 0. The summed E-state index contributed by atoms with van der Waals surface area (Å²) in [5, 5.41) is 0. The molecule has 72 valence electrons. The Kier molecular flexibility index (Phi) is 2.70. The largest absolute Gasteiger partial charge is 0.331 e. The first-order valence-electron chi connectivity index (χ1n) is 4.43. The molecule has 13 heavy (non-hydrogen) atoms. The van der Waals surface area contributed by atoms with Gasteiger partial charge >= 0.3 is 5.69 Å². The predicted octanol–water partition coefficient (Wildman–Crippen LogP) is 0.358. The third-order valence-electron chi connectivity index (χ3n) is 2.12. The van der Waals surface area contributed by atoms with Gasteiger partial charge in [0.15, 0.2) is 0 Å². The lowest BCUT2D eigenvalue weighted by atomic mass is 10.4. The molecule has 0 spiro atoms. The fraction of sp³-hybridized carbons (Fsp3) is 0.556. The summed E-state index contributed by atoms with van der Waals surface area (Å²) in [5.74, 6) is 0. The van der Waals surface area contributed by atoms with Crippen molar-refractivity contribution in [2.45, 2.75) is 33.9 Å². The Morgan fingerprint density at radius 3 is 2.15 bits per heavy atom. The van der Waals surface area contributed by atoms with Crippen LogP contribution in [0.25, 0.3) is 0 Å². The van der Waals surface area contributed by atoms with E-state index in [-0.39, 0.29) is 11.2 Å². The monoisotopic (exact) mass is 182 g/mol. The minimum atomic E-state index is -0.213. The number of hydrogen-bond acceptors (Lipinski definition) is 2. The van der Waals surface area contributed by atoms with Crippen molar-refractivity contribution < 1.29 is 0 Å². The molecule has 1 rings (SSSR count). The highest BCUT2D eigenvalue weighted by atomic mass is 16.2. The fourth-order valence-electron chi connectivity index (χ4n) is 1.40. The standard InChI is InChI=1S/C9H14N2O2/c1-4-10-7(3)6-8(12)11(5-2)9(10)13/h6H,4-5H2,1-3H3. The Morgan fingerprint density at radius 1 is 1.15 bits per heavy atom. The van der Waals surface area contributed by atoms with Gasteiger partial charge in [0, 0.05) is 24.8 Å². The van der Waals surface area contributed by atoms with Crippen LogP contribution in [-0.2, 0) is 13.1 Å². The molecule has 0 aromatic carbocycles. The molecular formula is C9H14N2O2. The summed E-state index contributed by atoms with van der Waals surface area (Å²) in [6.45, 7) is 6.48. The molecule has 1 heterocycles. The molecular weight excluding hydrogens is 168 g/mol. The van der Waals surface area contributed by atoms with Gasteiger partial charge in [-0.1, -0.05) is 0 Å². The number of nitrogens with zero attached hydrogens (tertiary/aromatic N) is 2. The number of rotatable bonds is 2. The van der Waals surface area contributed by atoms with E-state index < -0.39 is 0 Å². The first-order valence-corrected chi connectivity index (χ1v) is 4.43. The van der Waals surface area contributed by atoms with E-state index in [9.17, 15) is 9.59 Å². The van der Waals surface area contributed by atoms with Crippen molar-refractivity contribution >= 4 is 0 Å². The molecule has 4 nitrogen and oxygen atoms in total. The maximum atomic E-state index is 11.6. The van der Waals surface area contributed by atoms with Gasteiger partial charge in [0.1, 0.15) is 0 Å². The van der Waals surface area contributed by atoms with E-state index in [1.54, 1.807) is 18.4 Å². The van der Waals surface area contributed by atoms with E-state index in [4.69, 9.17) is 0 Å². The molecule has 0 aliphatic heterocycles. The molecule has 0 amide bonds. The number of hydrogen-bond donors (Lipinski definition) is 0. The maximum Gasteiger partial charge on any atom is 0.331 e. The van der Waals surface area contributed by atoms with Crippen molar-refractivity contribution in [2.75, 3.05) is 0 Å². The van der Waals surface area contributed by atoms with Gasteiger partial charge in [0.05, 0.1) is 0 Å². The van der Waals surface area contributed by atoms with Gasteiger partial charge in [0.25, 0.3) is 5.56 Å². The van der Waals surface area contributed by atoms with Crippen LogP contribution in [0.1, 0.15) is 19.5 Å². The van der Waals surface area contributed by atoms with Crippen LogP contribution in [-0.4, -0.2) is 9.13 Å². The molecule has 1 aromatic rings. The first kappa shape index (κ1) is 9.77. The summed E-state index contributed by atoms with van der Waals surface area (Å²) in [7, 11) is 0. The molecule has 0 aliphatic carbocycles. The topological polar surface area (TPSA) is 44.0 Å². The molecule has 0 fully saturated rings. The van der Waals surface area contributed by atoms with Crippen molar-refractivity contribution in [3.63, 3.8) is 0 Å². The molecule has 0 atom stereocenters. The molecule has 0 bridgehead atoms. The SMILES string of the molecule is CCn1c(C)cc(=O)n(CC)c1=O. The van der Waals surface area contributed by atoms with E-state index >= 15 is 0 Å². The zero-order valence-electron chi connectivity index (χ0n) is 8.20. The van der Waals surface area contributed by atoms with Crippen LogP contribution in [0.5, 0.6) is 0 Å². The van der Waals surface area contributed by atoms with E-state index in [0.29, 0.717) is 13.1 Å². The van der Waals surface area contributed by atoms with Gasteiger partial charge < -0.3 is 0 Å². The van der Waals surface area contributed by atoms with Crippen molar-refractivity contribution in [3.8, 4) is 0 Å². The minimum absolute atomic E-state index is 0.213. The molecule has 0 saturated heterocycles. The molecule has 0 aliphatic rings. The molecule has 4 heteroatoms. The second-order valence-corrected chi connectivity index (χ2v) is 2.90. The second-order valence-electron chi connectivity index (χ2n) is 2.90. The van der Waals surface area contributed by atoms with Crippen LogP contribution in [0, 0.1) is 6.92 Å². The van der Waals surface area contributed by atoms with Gasteiger partial charge in [0.2, 0.25) is 0 Å². The Bertz CT molecular complexity index is 415. The van der Waals surface area contributed by atoms with E-state index in [1.165, 1.54) is 10.6 Å². The molecule has 0 saturated carbocycles. The van der Waals surface area contributed by atoms with Crippen LogP contribution in [0.15, 0.2) is 15.7 Å². The highest BCUT2D eigenvalue weighted by Crippen LogP contribution is 1.88. The van der Waals surface area contributed by atoms with Crippen LogP contribution >= 0.6 is 0 Å². The Morgan fingerprint density at radius 2 is 1.69 bits per heavy atom. The van der Waals surface area contributed by atoms with Crippen LogP contribution < -0.4 is 11.2 Å². The quantitative estimate of drug-likeness (QED) is 0.662. The summed E-state index contributed by atoms with van der Waals surface area (Å²) in [6, 6.07) is 1.49. The number of aromatic nitrogens is 2. The third-order valence-corrected chi connectivity index (χ3v) is 2.12. The van der Waals surface area contributed by atoms with Gasteiger partial charge in [-0.3, -0.25) is 13.9 Å². The lowest BCUT2D eigenvalue weighted by Gasteiger charge is -2.09. The molecule has 1 aromatic heterocycles. The fourth-order valence-corrected chi connectivity index (χ4v) is 1.40. The van der Waals surface area contributed by atoms with Crippen LogP contribution in [0.2, 0.25) is 0 Å². The highest BCUT2D eigenvalue weighted by Gasteiger charge is 2.04. The Balaban J connectivity index is 3.59. The van der Waals surface area contributed by atoms with Gasteiger partial charge in [-0.05, 0) is 20.8 Å². The van der Waals surface area contributed by atoms with E-state index in [0.717, 1.165) is 5.69 Å². The van der Waals surface area contributed by atoms with Gasteiger partial charge in [-0.15, -0.1) is 0 Å². The Hall–Kier alpha value is -1.32. The smallest absolute Gasteiger partial charge is 0.298 e. The maximum absolute atomic E-state index is 11.6. The summed E-state index contributed by atoms with van der Waals surface area (Å²) in [6.07, 6.45) is 0. The van der Waals surface area contributed by atoms with Crippen molar-refractivity contribution in [3.05, 3.63) is 32.6 Å². The van der Waals surface area contributed by atoms with Crippen LogP contribution in [0.3, 0.4) is 0 Å². The molecule has 0 radical (unpaired) electrons. The minimum Gasteiger partial charge on any atom is -0.298 e. The second kappa shape index (κ2) is 3.60. The Labute approximate surface area is 76.4 Å². The first-order chi connectivity index (χ1) is 6.11. The summed E-state index contributed by atoms with van der Waals surface area (Å²) in [5.41, 5.74) is 0.298. The van der Waals surface area contributed by atoms with Crippen LogP contribution in [0.4, 0.5) is 0 Å². The third kappa shape index (κ3) is 1.56. The summed E-state index contributed by atoms with van der Waals surface area (Å²) in [4.78, 5) is 22.9. The normalized spacial score (nSPS) is 10.4. The van der Waals surface area contributed by atoms with Crippen molar-refractivity contribution in [2.24, 2.45) is 0 Å². The highest BCUT2D eigenvalue weighted by molar-refractivity contribution is 4.99. The lowest BCUT2D eigenvalue weighted by molar-refractivity contribution is 0.574. The zero-order valence-corrected chi connectivity index (χ0v) is 8.20. The predicted molar refractivity (Wildman–Crippen MR) is 51.0 cm³/mol. The lowest BCUT2D eigenvalue weighted by Crippen LogP contribution is -2.39. The van der Waals surface area contributed by atoms with E-state index in [1.807, 2.05) is 6.92 Å². The number of aryl methyl sites for hydroxylation is 1. The van der Waals surface area contributed by atoms with E-state index in [2.05, 4.69) is 0 Å². The molecule has 0 N–H and O–H groups in total. The van der Waals surface area contributed by atoms with Crippen molar-refractivity contribution in [1.82, 2.24) is 9.13 Å². The summed E-state index contributed by atoms with van der Waals surface area (Å²) < 4.78 is 2.82. The van der Waals surface area contributed by atoms with Gasteiger partial charge in [-0.25, -0.2) is 4.79 Å². The molecule has 0 unspecified atom stereocenters. The zero-order chi connectivity index (χ0) is 10.0. The average molecular weight is 182 g/mol. The van der Waals surface area contributed by atoms with Crippen molar-refractivity contribution in [1.29, 1.82) is 0 Å². The van der Waals surface area contributed by atoms with Gasteiger partial charge in [-0.2, -0.15) is 0 Å². The average Bonchev–Trinajstić information content (AvgIpc) is 2.04.